The second kappa shape index (κ2) is 7.45. The van der Waals surface area contributed by atoms with Crippen LogP contribution in [0, 0.1) is 6.92 Å². The molecule has 0 aromatic carbocycles. The number of aryl methyl sites for hydroxylation is 1. The molecular weight excluding hydrogens is 394 g/mol. The number of halogens is 1. The van der Waals surface area contributed by atoms with Crippen molar-refractivity contribution < 1.29 is 9.59 Å². The molecule has 1 atom stereocenters. The number of H-pyrrole nitrogens is 1. The highest BCUT2D eigenvalue weighted by Gasteiger charge is 2.31. The standard InChI is InChI=1S/C16H19N5O4S.ClH/c1-8-11-13(26-15(8)20-6-4-17-5-7-20)19-16(25)21(14(11)24)9-2-3-10(22)18-12(9)23;/h9,17H,2-7H2,1H3,(H,19,25)(H,18,22,23);1H. The average molecular weight is 414 g/mol. The largest absolute Gasteiger partial charge is 0.361 e. The molecule has 2 aliphatic rings. The molecule has 2 aromatic heterocycles. The van der Waals surface area contributed by atoms with Crippen LogP contribution in [0.3, 0.4) is 0 Å². The number of nitrogens with one attached hydrogen (secondary N) is 3. The van der Waals surface area contributed by atoms with Crippen molar-refractivity contribution in [2.24, 2.45) is 0 Å². The van der Waals surface area contributed by atoms with Gasteiger partial charge in [0.2, 0.25) is 11.8 Å². The van der Waals surface area contributed by atoms with E-state index in [1.54, 1.807) is 0 Å². The van der Waals surface area contributed by atoms with Crippen LogP contribution < -0.4 is 26.8 Å². The first-order chi connectivity index (χ1) is 12.5. The van der Waals surface area contributed by atoms with E-state index in [1.807, 2.05) is 6.92 Å². The van der Waals surface area contributed by atoms with Gasteiger partial charge in [-0.25, -0.2) is 9.36 Å². The molecular formula is C16H20ClN5O4S. The van der Waals surface area contributed by atoms with E-state index in [-0.39, 0.29) is 31.2 Å². The number of thiophene rings is 1. The molecule has 0 radical (unpaired) electrons. The first kappa shape index (κ1) is 19.6. The summed E-state index contributed by atoms with van der Waals surface area (Å²) in [6.45, 7) is 5.26. The Morgan fingerprint density at radius 1 is 1.11 bits per heavy atom. The van der Waals surface area contributed by atoms with E-state index in [4.69, 9.17) is 0 Å². The molecule has 3 N–H and O–H groups in total. The summed E-state index contributed by atoms with van der Waals surface area (Å²) in [6, 6.07) is -0.963. The number of aromatic nitrogens is 2. The summed E-state index contributed by atoms with van der Waals surface area (Å²) in [5, 5.41) is 6.89. The number of hydrogen-bond acceptors (Lipinski definition) is 7. The van der Waals surface area contributed by atoms with Crippen molar-refractivity contribution in [2.45, 2.75) is 25.8 Å². The van der Waals surface area contributed by atoms with Gasteiger partial charge in [-0.1, -0.05) is 11.3 Å². The number of amides is 2. The Balaban J connectivity index is 0.00000210. The minimum Gasteiger partial charge on any atom is -0.361 e. The number of aromatic amines is 1. The van der Waals surface area contributed by atoms with Gasteiger partial charge in [0.15, 0.2) is 0 Å². The molecule has 2 fully saturated rings. The fraction of sp³-hybridized carbons (Fsp3) is 0.500. The van der Waals surface area contributed by atoms with Crippen LogP contribution in [0.25, 0.3) is 10.2 Å². The van der Waals surface area contributed by atoms with E-state index in [0.717, 1.165) is 41.3 Å². The highest BCUT2D eigenvalue weighted by molar-refractivity contribution is 7.22. The van der Waals surface area contributed by atoms with Gasteiger partial charge in [-0.2, -0.15) is 0 Å². The van der Waals surface area contributed by atoms with E-state index in [9.17, 15) is 19.2 Å². The van der Waals surface area contributed by atoms with E-state index in [1.165, 1.54) is 11.3 Å². The summed E-state index contributed by atoms with van der Waals surface area (Å²) in [7, 11) is 0. The average Bonchev–Trinajstić information content (AvgIpc) is 2.94. The predicted octanol–water partition coefficient (Wildman–Crippen LogP) is -0.131. The van der Waals surface area contributed by atoms with E-state index >= 15 is 0 Å². The Morgan fingerprint density at radius 3 is 2.48 bits per heavy atom. The van der Waals surface area contributed by atoms with Crippen LogP contribution >= 0.6 is 23.7 Å². The summed E-state index contributed by atoms with van der Waals surface area (Å²) < 4.78 is 0.950. The zero-order chi connectivity index (χ0) is 18.4. The van der Waals surface area contributed by atoms with Gasteiger partial charge in [0, 0.05) is 32.6 Å². The van der Waals surface area contributed by atoms with Crippen molar-refractivity contribution in [1.82, 2.24) is 20.2 Å². The summed E-state index contributed by atoms with van der Waals surface area (Å²) in [5.41, 5.74) is -0.285. The van der Waals surface area contributed by atoms with Gasteiger partial charge in [0.25, 0.3) is 5.56 Å². The Kier molecular flexibility index (Phi) is 5.41. The molecule has 11 heteroatoms. The summed E-state index contributed by atoms with van der Waals surface area (Å²) in [5.74, 6) is -0.993. The van der Waals surface area contributed by atoms with Gasteiger partial charge in [0.1, 0.15) is 10.9 Å². The van der Waals surface area contributed by atoms with Crippen LogP contribution in [0.5, 0.6) is 0 Å². The zero-order valence-electron chi connectivity index (χ0n) is 14.7. The van der Waals surface area contributed by atoms with Crippen molar-refractivity contribution in [2.75, 3.05) is 31.1 Å². The molecule has 4 rings (SSSR count). The third-order valence-electron chi connectivity index (χ3n) is 4.92. The lowest BCUT2D eigenvalue weighted by Crippen LogP contribution is -2.48. The van der Waals surface area contributed by atoms with Crippen molar-refractivity contribution >= 4 is 50.8 Å². The molecule has 2 aliphatic heterocycles. The summed E-state index contributed by atoms with van der Waals surface area (Å²) in [4.78, 5) is 54.5. The molecule has 2 saturated heterocycles. The van der Waals surface area contributed by atoms with Gasteiger partial charge in [0.05, 0.1) is 10.4 Å². The molecule has 2 amide bonds. The van der Waals surface area contributed by atoms with Gasteiger partial charge >= 0.3 is 5.69 Å². The third kappa shape index (κ3) is 3.28. The number of rotatable bonds is 2. The van der Waals surface area contributed by atoms with Crippen LogP contribution in [-0.4, -0.2) is 47.5 Å². The number of piperazine rings is 1. The van der Waals surface area contributed by atoms with Gasteiger partial charge in [-0.3, -0.25) is 24.7 Å². The highest BCUT2D eigenvalue weighted by atomic mass is 35.5. The molecule has 146 valence electrons. The van der Waals surface area contributed by atoms with Crippen molar-refractivity contribution in [3.63, 3.8) is 0 Å². The molecule has 0 spiro atoms. The minimum absolute atomic E-state index is 0. The van der Waals surface area contributed by atoms with Crippen molar-refractivity contribution in [1.29, 1.82) is 0 Å². The number of carbonyl (C=O) groups is 2. The third-order valence-corrected chi connectivity index (χ3v) is 6.19. The smallest absolute Gasteiger partial charge is 0.330 e. The number of nitrogens with zero attached hydrogens (tertiary/aromatic N) is 2. The highest BCUT2D eigenvalue weighted by Crippen LogP contribution is 2.34. The molecule has 9 nitrogen and oxygen atoms in total. The van der Waals surface area contributed by atoms with E-state index in [0.29, 0.717) is 10.2 Å². The number of carbonyl (C=O) groups excluding carboxylic acids is 2. The predicted molar refractivity (Wildman–Crippen MR) is 105 cm³/mol. The molecule has 27 heavy (non-hydrogen) atoms. The SMILES string of the molecule is Cc1c(N2CCNCC2)sc2[nH]c(=O)n(C3CCC(=O)NC3=O)c(=O)c12.Cl. The summed E-state index contributed by atoms with van der Waals surface area (Å²) >= 11 is 1.39. The maximum absolute atomic E-state index is 13.0. The van der Waals surface area contributed by atoms with Crippen molar-refractivity contribution in [3.05, 3.63) is 26.4 Å². The lowest BCUT2D eigenvalue weighted by Gasteiger charge is -2.28. The van der Waals surface area contributed by atoms with Gasteiger partial charge < -0.3 is 10.2 Å². The fourth-order valence-electron chi connectivity index (χ4n) is 3.60. The Hall–Kier alpha value is -2.17. The van der Waals surface area contributed by atoms with Crippen LogP contribution in [0.15, 0.2) is 9.59 Å². The van der Waals surface area contributed by atoms with Crippen molar-refractivity contribution in [3.8, 4) is 0 Å². The first-order valence-electron chi connectivity index (χ1n) is 8.54. The minimum atomic E-state index is -0.963. The molecule has 1 unspecified atom stereocenters. The van der Waals surface area contributed by atoms with E-state index in [2.05, 4.69) is 20.5 Å². The lowest BCUT2D eigenvalue weighted by molar-refractivity contribution is -0.135. The van der Waals surface area contributed by atoms with E-state index < -0.39 is 23.2 Å². The Bertz CT molecular complexity index is 1020. The molecule has 2 aromatic rings. The number of piperidine rings is 1. The van der Waals surface area contributed by atoms with Crippen LogP contribution in [-0.2, 0) is 9.59 Å². The second-order valence-electron chi connectivity index (χ2n) is 6.55. The molecule has 0 aliphatic carbocycles. The maximum Gasteiger partial charge on any atom is 0.330 e. The maximum atomic E-state index is 13.0. The van der Waals surface area contributed by atoms with Crippen LogP contribution in [0.1, 0.15) is 24.4 Å². The van der Waals surface area contributed by atoms with Gasteiger partial charge in [-0.05, 0) is 18.9 Å². The number of hydrogen-bond donors (Lipinski definition) is 3. The number of anilines is 1. The monoisotopic (exact) mass is 413 g/mol. The lowest BCUT2D eigenvalue weighted by atomic mass is 10.1. The Labute approximate surface area is 164 Å². The Morgan fingerprint density at radius 2 is 1.81 bits per heavy atom. The molecule has 0 bridgehead atoms. The zero-order valence-corrected chi connectivity index (χ0v) is 16.3. The molecule has 0 saturated carbocycles. The quantitative estimate of drug-likeness (QED) is 0.590. The fourth-order valence-corrected chi connectivity index (χ4v) is 4.84. The van der Waals surface area contributed by atoms with Crippen LogP contribution in [0.4, 0.5) is 5.00 Å². The van der Waals surface area contributed by atoms with Crippen LogP contribution in [0.2, 0.25) is 0 Å². The normalized spacial score (nSPS) is 20.5. The van der Waals surface area contributed by atoms with Gasteiger partial charge in [-0.15, -0.1) is 12.4 Å². The topological polar surface area (TPSA) is 116 Å². The molecule has 4 heterocycles. The number of imide groups is 1. The first-order valence-corrected chi connectivity index (χ1v) is 9.36. The number of fused-ring (bicyclic) bond motifs is 1. The second-order valence-corrected chi connectivity index (χ2v) is 7.54. The summed E-state index contributed by atoms with van der Waals surface area (Å²) in [6.07, 6.45) is 0.252.